The molecular weight excluding hydrogens is 341 g/mol. The Labute approximate surface area is 150 Å². The summed E-state index contributed by atoms with van der Waals surface area (Å²) in [6.45, 7) is 2.24. The average molecular weight is 361 g/mol. The SMILES string of the molecule is COc1cc(NC(=O)N2CCN(c3ccc(OC)c(F)c3)CC2)ncn1. The minimum absolute atomic E-state index is 0.215. The highest BCUT2D eigenvalue weighted by atomic mass is 19.1. The van der Waals surface area contributed by atoms with Crippen LogP contribution in [0, 0.1) is 5.82 Å². The normalized spacial score (nSPS) is 14.1. The van der Waals surface area contributed by atoms with Crippen LogP contribution < -0.4 is 19.7 Å². The Morgan fingerprint density at radius 2 is 1.88 bits per heavy atom. The van der Waals surface area contributed by atoms with E-state index >= 15 is 0 Å². The molecule has 0 aliphatic carbocycles. The van der Waals surface area contributed by atoms with Crippen LogP contribution in [-0.4, -0.2) is 61.3 Å². The van der Waals surface area contributed by atoms with E-state index in [0.29, 0.717) is 37.9 Å². The van der Waals surface area contributed by atoms with Gasteiger partial charge in [-0.25, -0.2) is 19.2 Å². The number of halogens is 1. The topological polar surface area (TPSA) is 79.8 Å². The van der Waals surface area contributed by atoms with Gasteiger partial charge in [-0.3, -0.25) is 5.32 Å². The molecule has 2 aromatic rings. The Morgan fingerprint density at radius 1 is 1.12 bits per heavy atom. The fourth-order valence-corrected chi connectivity index (χ4v) is 2.73. The number of ether oxygens (including phenoxy) is 2. The van der Waals surface area contributed by atoms with Gasteiger partial charge in [0.1, 0.15) is 12.1 Å². The molecule has 138 valence electrons. The zero-order chi connectivity index (χ0) is 18.5. The van der Waals surface area contributed by atoms with Crippen LogP contribution >= 0.6 is 0 Å². The molecule has 26 heavy (non-hydrogen) atoms. The minimum Gasteiger partial charge on any atom is -0.494 e. The maximum Gasteiger partial charge on any atom is 0.323 e. The number of amides is 2. The zero-order valence-electron chi connectivity index (χ0n) is 14.6. The van der Waals surface area contributed by atoms with E-state index in [1.54, 1.807) is 17.0 Å². The Balaban J connectivity index is 1.57. The van der Waals surface area contributed by atoms with Crippen LogP contribution in [0.5, 0.6) is 11.6 Å². The van der Waals surface area contributed by atoms with Crippen LogP contribution in [0.1, 0.15) is 0 Å². The number of benzene rings is 1. The molecule has 0 unspecified atom stereocenters. The maximum absolute atomic E-state index is 13.9. The van der Waals surface area contributed by atoms with Gasteiger partial charge < -0.3 is 19.3 Å². The standard InChI is InChI=1S/C17H20FN5O3/c1-25-14-4-3-12(9-13(14)18)22-5-7-23(8-6-22)17(24)21-15-10-16(26-2)20-11-19-15/h3-4,9-11H,5-8H2,1-2H3,(H,19,20,21,24). The zero-order valence-corrected chi connectivity index (χ0v) is 14.6. The first kappa shape index (κ1) is 17.7. The van der Waals surface area contributed by atoms with Gasteiger partial charge >= 0.3 is 6.03 Å². The van der Waals surface area contributed by atoms with Crippen molar-refractivity contribution in [1.82, 2.24) is 14.9 Å². The van der Waals surface area contributed by atoms with Crippen LogP contribution in [0.3, 0.4) is 0 Å². The fourth-order valence-electron chi connectivity index (χ4n) is 2.73. The number of urea groups is 1. The lowest BCUT2D eigenvalue weighted by Gasteiger charge is -2.36. The summed E-state index contributed by atoms with van der Waals surface area (Å²) in [4.78, 5) is 24.0. The molecule has 1 N–H and O–H groups in total. The number of piperazine rings is 1. The van der Waals surface area contributed by atoms with Crippen molar-refractivity contribution in [2.24, 2.45) is 0 Å². The van der Waals surface area contributed by atoms with Crippen molar-refractivity contribution < 1.29 is 18.7 Å². The molecule has 8 nitrogen and oxygen atoms in total. The second-order valence-electron chi connectivity index (χ2n) is 5.67. The van der Waals surface area contributed by atoms with Crippen molar-refractivity contribution in [1.29, 1.82) is 0 Å². The third-order valence-electron chi connectivity index (χ3n) is 4.15. The summed E-state index contributed by atoms with van der Waals surface area (Å²) < 4.78 is 23.8. The first-order valence-electron chi connectivity index (χ1n) is 8.11. The summed E-state index contributed by atoms with van der Waals surface area (Å²) in [7, 11) is 2.93. The molecule has 1 aromatic heterocycles. The highest BCUT2D eigenvalue weighted by Crippen LogP contribution is 2.24. The van der Waals surface area contributed by atoms with Crippen molar-refractivity contribution in [3.63, 3.8) is 0 Å². The molecule has 2 heterocycles. The Bertz CT molecular complexity index is 781. The van der Waals surface area contributed by atoms with E-state index in [1.165, 1.54) is 26.6 Å². The lowest BCUT2D eigenvalue weighted by atomic mass is 10.2. The quantitative estimate of drug-likeness (QED) is 0.897. The summed E-state index contributed by atoms with van der Waals surface area (Å²) in [5.41, 5.74) is 0.767. The van der Waals surface area contributed by atoms with Crippen LogP contribution in [0.4, 0.5) is 20.7 Å². The van der Waals surface area contributed by atoms with Gasteiger partial charge in [0.25, 0.3) is 0 Å². The lowest BCUT2D eigenvalue weighted by Crippen LogP contribution is -2.50. The van der Waals surface area contributed by atoms with Crippen LogP contribution in [0.25, 0.3) is 0 Å². The molecule has 1 saturated heterocycles. The number of nitrogens with one attached hydrogen (secondary N) is 1. The largest absolute Gasteiger partial charge is 0.494 e. The van der Waals surface area contributed by atoms with Gasteiger partial charge in [0.2, 0.25) is 5.88 Å². The van der Waals surface area contributed by atoms with Gasteiger partial charge in [0.05, 0.1) is 14.2 Å². The number of nitrogens with zero attached hydrogens (tertiary/aromatic N) is 4. The average Bonchev–Trinajstić information content (AvgIpc) is 2.68. The highest BCUT2D eigenvalue weighted by Gasteiger charge is 2.22. The number of methoxy groups -OCH3 is 2. The molecule has 0 bridgehead atoms. The molecule has 3 rings (SSSR count). The molecular formula is C17H20FN5O3. The summed E-state index contributed by atoms with van der Waals surface area (Å²) >= 11 is 0. The molecule has 0 radical (unpaired) electrons. The number of anilines is 2. The summed E-state index contributed by atoms with van der Waals surface area (Å²) in [5, 5.41) is 2.73. The van der Waals surface area contributed by atoms with E-state index in [9.17, 15) is 9.18 Å². The van der Waals surface area contributed by atoms with E-state index < -0.39 is 5.82 Å². The van der Waals surface area contributed by atoms with E-state index in [0.717, 1.165) is 5.69 Å². The van der Waals surface area contributed by atoms with E-state index in [1.807, 2.05) is 11.0 Å². The number of carbonyl (C=O) groups excluding carboxylic acids is 1. The minimum atomic E-state index is -0.400. The lowest BCUT2D eigenvalue weighted by molar-refractivity contribution is 0.208. The molecule has 0 saturated carbocycles. The van der Waals surface area contributed by atoms with E-state index in [-0.39, 0.29) is 11.8 Å². The van der Waals surface area contributed by atoms with Crippen molar-refractivity contribution in [3.8, 4) is 11.6 Å². The van der Waals surface area contributed by atoms with Gasteiger partial charge in [0, 0.05) is 44.0 Å². The molecule has 2 amide bonds. The molecule has 1 fully saturated rings. The number of hydrogen-bond donors (Lipinski definition) is 1. The second kappa shape index (κ2) is 7.85. The fraction of sp³-hybridized carbons (Fsp3) is 0.353. The first-order valence-corrected chi connectivity index (χ1v) is 8.11. The predicted octanol–water partition coefficient (Wildman–Crippen LogP) is 1.99. The number of carbonyl (C=O) groups is 1. The smallest absolute Gasteiger partial charge is 0.323 e. The van der Waals surface area contributed by atoms with Gasteiger partial charge in [-0.05, 0) is 12.1 Å². The Kier molecular flexibility index (Phi) is 5.35. The van der Waals surface area contributed by atoms with Gasteiger partial charge in [-0.1, -0.05) is 0 Å². The Hall–Kier alpha value is -3.10. The van der Waals surface area contributed by atoms with Crippen LogP contribution in [-0.2, 0) is 0 Å². The van der Waals surface area contributed by atoms with Gasteiger partial charge in [0.15, 0.2) is 11.6 Å². The molecule has 1 aromatic carbocycles. The monoisotopic (exact) mass is 361 g/mol. The molecule has 0 spiro atoms. The summed E-state index contributed by atoms with van der Waals surface area (Å²) in [5.74, 6) is 0.568. The molecule has 0 atom stereocenters. The molecule has 9 heteroatoms. The summed E-state index contributed by atoms with van der Waals surface area (Å²) in [6.07, 6.45) is 1.32. The molecule has 1 aliphatic rings. The predicted molar refractivity (Wildman–Crippen MR) is 94.3 cm³/mol. The van der Waals surface area contributed by atoms with Crippen molar-refractivity contribution in [2.45, 2.75) is 0 Å². The van der Waals surface area contributed by atoms with Crippen molar-refractivity contribution >= 4 is 17.5 Å². The summed E-state index contributed by atoms with van der Waals surface area (Å²) in [6, 6.07) is 6.17. The van der Waals surface area contributed by atoms with Crippen molar-refractivity contribution in [3.05, 3.63) is 36.4 Å². The third-order valence-corrected chi connectivity index (χ3v) is 4.15. The maximum atomic E-state index is 13.9. The number of rotatable bonds is 4. The van der Waals surface area contributed by atoms with Gasteiger partial charge in [-0.2, -0.15) is 0 Å². The van der Waals surface area contributed by atoms with Crippen LogP contribution in [0.2, 0.25) is 0 Å². The molecule has 1 aliphatic heterocycles. The van der Waals surface area contributed by atoms with Gasteiger partial charge in [-0.15, -0.1) is 0 Å². The van der Waals surface area contributed by atoms with Crippen LogP contribution in [0.15, 0.2) is 30.6 Å². The van der Waals surface area contributed by atoms with E-state index in [4.69, 9.17) is 9.47 Å². The third kappa shape index (κ3) is 3.93. The second-order valence-corrected chi connectivity index (χ2v) is 5.67. The number of aromatic nitrogens is 2. The first-order chi connectivity index (χ1) is 12.6. The number of hydrogen-bond acceptors (Lipinski definition) is 6. The van der Waals surface area contributed by atoms with Crippen molar-refractivity contribution in [2.75, 3.05) is 50.6 Å². The van der Waals surface area contributed by atoms with E-state index in [2.05, 4.69) is 15.3 Å². The Morgan fingerprint density at radius 3 is 2.54 bits per heavy atom. The highest BCUT2D eigenvalue weighted by molar-refractivity contribution is 5.88.